The van der Waals surface area contributed by atoms with Crippen molar-refractivity contribution in [3.63, 3.8) is 0 Å². The number of hydrogen-bond acceptors (Lipinski definition) is 3. The summed E-state index contributed by atoms with van der Waals surface area (Å²) in [6, 6.07) is 16.2. The standard InChI is InChI=1S/C22H29NO2S/c1-3-22(4-2)19-15-17(24)11-10-16(19)14-20(21(22)23)26-13-12-25-18-8-6-5-7-9-18/h5-11,15,20-21,24H,3-4,12-14,23H2,1-2H3/p+1. The Bertz CT molecular complexity index is 715. The lowest BCUT2D eigenvalue weighted by atomic mass is 9.63. The first-order chi connectivity index (χ1) is 12.6. The summed E-state index contributed by atoms with van der Waals surface area (Å²) in [5, 5.41) is 10.5. The van der Waals surface area contributed by atoms with E-state index >= 15 is 0 Å². The quantitative estimate of drug-likeness (QED) is 0.727. The summed E-state index contributed by atoms with van der Waals surface area (Å²) in [7, 11) is 0. The van der Waals surface area contributed by atoms with E-state index in [-0.39, 0.29) is 5.41 Å². The largest absolute Gasteiger partial charge is 0.508 e. The van der Waals surface area contributed by atoms with Crippen LogP contribution in [0.4, 0.5) is 0 Å². The molecule has 0 bridgehead atoms. The normalized spacial score (nSPS) is 21.2. The number of phenolic OH excluding ortho intramolecular Hbond substituents is 1. The molecule has 0 heterocycles. The Balaban J connectivity index is 1.70. The molecule has 0 amide bonds. The number of benzene rings is 2. The van der Waals surface area contributed by atoms with Gasteiger partial charge in [0.15, 0.2) is 0 Å². The summed E-state index contributed by atoms with van der Waals surface area (Å²) in [4.78, 5) is 0. The molecule has 0 aromatic heterocycles. The predicted molar refractivity (Wildman–Crippen MR) is 109 cm³/mol. The van der Waals surface area contributed by atoms with Crippen molar-refractivity contribution in [2.24, 2.45) is 0 Å². The Morgan fingerprint density at radius 1 is 1.15 bits per heavy atom. The van der Waals surface area contributed by atoms with Gasteiger partial charge in [0.2, 0.25) is 0 Å². The maximum absolute atomic E-state index is 10.0. The number of fused-ring (bicyclic) bond motifs is 1. The number of thioether (sulfide) groups is 1. The van der Waals surface area contributed by atoms with E-state index < -0.39 is 0 Å². The van der Waals surface area contributed by atoms with E-state index in [0.717, 1.165) is 30.8 Å². The van der Waals surface area contributed by atoms with E-state index in [1.807, 2.05) is 54.2 Å². The van der Waals surface area contributed by atoms with Gasteiger partial charge in [-0.05, 0) is 54.7 Å². The second-order valence-corrected chi connectivity index (χ2v) is 8.43. The molecule has 2 unspecified atom stereocenters. The fourth-order valence-corrected chi connectivity index (χ4v) is 5.60. The molecule has 4 heteroatoms. The van der Waals surface area contributed by atoms with Crippen molar-refractivity contribution in [3.05, 3.63) is 59.7 Å². The van der Waals surface area contributed by atoms with Crippen molar-refractivity contribution in [1.29, 1.82) is 0 Å². The first-order valence-electron chi connectivity index (χ1n) is 9.55. The fraction of sp³-hybridized carbons (Fsp3) is 0.455. The van der Waals surface area contributed by atoms with Crippen molar-refractivity contribution in [2.75, 3.05) is 12.4 Å². The Morgan fingerprint density at radius 3 is 2.58 bits per heavy atom. The molecule has 0 aliphatic heterocycles. The molecule has 2 aromatic carbocycles. The van der Waals surface area contributed by atoms with Gasteiger partial charge < -0.3 is 15.6 Å². The van der Waals surface area contributed by atoms with Crippen LogP contribution in [0.15, 0.2) is 48.5 Å². The summed E-state index contributed by atoms with van der Waals surface area (Å²) in [5.74, 6) is 2.26. The molecule has 140 valence electrons. The van der Waals surface area contributed by atoms with E-state index in [1.54, 1.807) is 0 Å². The van der Waals surface area contributed by atoms with Crippen LogP contribution < -0.4 is 10.5 Å². The molecule has 26 heavy (non-hydrogen) atoms. The molecule has 2 atom stereocenters. The highest BCUT2D eigenvalue weighted by Gasteiger charge is 2.47. The SMILES string of the molecule is CCC1(CC)c2cc(O)ccc2CC(SCCOc2ccccc2)C1[NH3+]. The van der Waals surface area contributed by atoms with Crippen molar-refractivity contribution < 1.29 is 15.6 Å². The van der Waals surface area contributed by atoms with Crippen LogP contribution in [0.3, 0.4) is 0 Å². The zero-order valence-corrected chi connectivity index (χ0v) is 16.6. The lowest BCUT2D eigenvalue weighted by molar-refractivity contribution is -0.439. The van der Waals surface area contributed by atoms with Crippen LogP contribution in [0.25, 0.3) is 0 Å². The third-order valence-electron chi connectivity index (χ3n) is 5.90. The lowest BCUT2D eigenvalue weighted by Crippen LogP contribution is -2.75. The molecule has 0 fully saturated rings. The van der Waals surface area contributed by atoms with E-state index in [9.17, 15) is 5.11 Å². The fourth-order valence-electron chi connectivity index (χ4n) is 4.33. The second-order valence-electron chi connectivity index (χ2n) is 7.09. The summed E-state index contributed by atoms with van der Waals surface area (Å²) in [6.07, 6.45) is 3.11. The van der Waals surface area contributed by atoms with Gasteiger partial charge in [0.05, 0.1) is 11.9 Å². The van der Waals surface area contributed by atoms with Crippen molar-refractivity contribution in [3.8, 4) is 11.5 Å². The van der Waals surface area contributed by atoms with Gasteiger partial charge in [-0.2, -0.15) is 0 Å². The molecule has 0 spiro atoms. The van der Waals surface area contributed by atoms with Crippen LogP contribution in [0.1, 0.15) is 37.8 Å². The van der Waals surface area contributed by atoms with Gasteiger partial charge in [0.1, 0.15) is 17.5 Å². The van der Waals surface area contributed by atoms with E-state index in [0.29, 0.717) is 23.6 Å². The molecule has 0 saturated heterocycles. The average Bonchev–Trinajstić information content (AvgIpc) is 2.67. The van der Waals surface area contributed by atoms with E-state index in [1.165, 1.54) is 11.1 Å². The number of hydrogen-bond donors (Lipinski definition) is 2. The topological polar surface area (TPSA) is 57.1 Å². The van der Waals surface area contributed by atoms with Gasteiger partial charge in [-0.3, -0.25) is 0 Å². The minimum atomic E-state index is 0.0459. The lowest BCUT2D eigenvalue weighted by Gasteiger charge is -2.44. The number of para-hydroxylation sites is 1. The second kappa shape index (κ2) is 8.36. The summed E-state index contributed by atoms with van der Waals surface area (Å²) in [5.41, 5.74) is 7.32. The van der Waals surface area contributed by atoms with Gasteiger partial charge in [-0.1, -0.05) is 38.1 Å². The van der Waals surface area contributed by atoms with Gasteiger partial charge >= 0.3 is 0 Å². The maximum Gasteiger partial charge on any atom is 0.119 e. The number of rotatable bonds is 7. The Kier molecular flexibility index (Phi) is 6.15. The molecule has 1 aliphatic rings. The molecule has 0 saturated carbocycles. The molecular weight excluding hydrogens is 342 g/mol. The Hall–Kier alpha value is -1.65. The Labute approximate surface area is 161 Å². The number of phenols is 1. The van der Waals surface area contributed by atoms with E-state index in [2.05, 4.69) is 25.6 Å². The molecule has 3 nitrogen and oxygen atoms in total. The minimum absolute atomic E-state index is 0.0459. The van der Waals surface area contributed by atoms with Crippen LogP contribution in [0, 0.1) is 0 Å². The Morgan fingerprint density at radius 2 is 1.88 bits per heavy atom. The molecule has 0 radical (unpaired) electrons. The number of quaternary nitrogens is 1. The van der Waals surface area contributed by atoms with Crippen LogP contribution >= 0.6 is 11.8 Å². The molecule has 4 N–H and O–H groups in total. The minimum Gasteiger partial charge on any atom is -0.508 e. The van der Waals surface area contributed by atoms with Crippen molar-refractivity contribution >= 4 is 11.8 Å². The highest BCUT2D eigenvalue weighted by Crippen LogP contribution is 2.45. The van der Waals surface area contributed by atoms with Crippen molar-refractivity contribution in [2.45, 2.75) is 49.8 Å². The molecule has 2 aromatic rings. The van der Waals surface area contributed by atoms with Gasteiger partial charge in [0.25, 0.3) is 0 Å². The summed E-state index contributed by atoms with van der Waals surface area (Å²) >= 11 is 1.98. The zero-order valence-electron chi connectivity index (χ0n) is 15.8. The van der Waals surface area contributed by atoms with Crippen LogP contribution in [-0.2, 0) is 11.8 Å². The monoisotopic (exact) mass is 372 g/mol. The highest BCUT2D eigenvalue weighted by molar-refractivity contribution is 8.00. The molecule has 1 aliphatic carbocycles. The third kappa shape index (κ3) is 3.72. The summed E-state index contributed by atoms with van der Waals surface area (Å²) < 4.78 is 5.85. The third-order valence-corrected chi connectivity index (χ3v) is 7.22. The van der Waals surface area contributed by atoms with Crippen molar-refractivity contribution in [1.82, 2.24) is 0 Å². The predicted octanol–water partition coefficient (Wildman–Crippen LogP) is 3.80. The number of ether oxygens (including phenoxy) is 1. The van der Waals surface area contributed by atoms with Crippen LogP contribution in [0.2, 0.25) is 0 Å². The highest BCUT2D eigenvalue weighted by atomic mass is 32.2. The maximum atomic E-state index is 10.0. The number of aromatic hydroxyl groups is 1. The smallest absolute Gasteiger partial charge is 0.119 e. The van der Waals surface area contributed by atoms with Gasteiger partial charge in [-0.25, -0.2) is 0 Å². The first kappa shape index (κ1) is 19.1. The van der Waals surface area contributed by atoms with Gasteiger partial charge in [0, 0.05) is 11.2 Å². The molecule has 3 rings (SSSR count). The summed E-state index contributed by atoms with van der Waals surface area (Å²) in [6.45, 7) is 5.22. The van der Waals surface area contributed by atoms with Gasteiger partial charge in [-0.15, -0.1) is 11.8 Å². The van der Waals surface area contributed by atoms with Crippen LogP contribution in [-0.4, -0.2) is 28.8 Å². The zero-order chi connectivity index (χ0) is 18.6. The molecular formula is C22H30NO2S+. The average molecular weight is 373 g/mol. The van der Waals surface area contributed by atoms with E-state index in [4.69, 9.17) is 4.74 Å². The van der Waals surface area contributed by atoms with Crippen LogP contribution in [0.5, 0.6) is 11.5 Å². The first-order valence-corrected chi connectivity index (χ1v) is 10.6.